The van der Waals surface area contributed by atoms with Crippen molar-refractivity contribution in [3.63, 3.8) is 0 Å². The van der Waals surface area contributed by atoms with Crippen LogP contribution in [0.4, 0.5) is 0 Å². The average molecular weight is 173 g/mol. The van der Waals surface area contributed by atoms with Crippen molar-refractivity contribution >= 4 is 5.70 Å². The predicted molar refractivity (Wildman–Crippen MR) is 53.8 cm³/mol. The summed E-state index contributed by atoms with van der Waals surface area (Å²) in [5, 5.41) is 7.56. The standard InChI is InChI=1S/C10H11N3/c1-3-5-7-10(6-4-2)13-9-8-11-12-13/h3-9H,1-2H2/b7-5-,10-6+. The SMILES string of the molecule is C=C/C=C\C(=C/C=C)n1ccnn1. The summed E-state index contributed by atoms with van der Waals surface area (Å²) in [5.74, 6) is 0. The molecule has 1 aromatic heterocycles. The molecule has 0 aromatic carbocycles. The molecule has 0 aliphatic rings. The Morgan fingerprint density at radius 1 is 1.31 bits per heavy atom. The number of hydrogen-bond acceptors (Lipinski definition) is 2. The fourth-order valence-corrected chi connectivity index (χ4v) is 0.842. The molecule has 13 heavy (non-hydrogen) atoms. The maximum absolute atomic E-state index is 3.85. The molecular weight excluding hydrogens is 162 g/mol. The van der Waals surface area contributed by atoms with Crippen molar-refractivity contribution in [1.29, 1.82) is 0 Å². The van der Waals surface area contributed by atoms with Gasteiger partial charge >= 0.3 is 0 Å². The van der Waals surface area contributed by atoms with Crippen LogP contribution in [-0.2, 0) is 0 Å². The van der Waals surface area contributed by atoms with Gasteiger partial charge in [0.25, 0.3) is 0 Å². The van der Waals surface area contributed by atoms with Crippen LogP contribution in [0, 0.1) is 0 Å². The highest BCUT2D eigenvalue weighted by atomic mass is 15.4. The summed E-state index contributed by atoms with van der Waals surface area (Å²) in [4.78, 5) is 0. The molecular formula is C10H11N3. The average Bonchev–Trinajstić information content (AvgIpc) is 2.65. The highest BCUT2D eigenvalue weighted by Crippen LogP contribution is 2.03. The fraction of sp³-hybridized carbons (Fsp3) is 0. The number of aromatic nitrogens is 3. The molecule has 0 saturated heterocycles. The van der Waals surface area contributed by atoms with Crippen molar-refractivity contribution < 1.29 is 0 Å². The molecule has 3 nitrogen and oxygen atoms in total. The number of nitrogens with zero attached hydrogens (tertiary/aromatic N) is 3. The van der Waals surface area contributed by atoms with E-state index in [1.54, 1.807) is 29.2 Å². The minimum atomic E-state index is 0.896. The predicted octanol–water partition coefficient (Wildman–Crippen LogP) is 2.05. The Balaban J connectivity index is 2.93. The Hall–Kier alpha value is -1.90. The first kappa shape index (κ1) is 9.19. The topological polar surface area (TPSA) is 30.7 Å². The molecule has 3 heteroatoms. The largest absolute Gasteiger partial charge is 0.221 e. The van der Waals surface area contributed by atoms with E-state index in [-0.39, 0.29) is 0 Å². The van der Waals surface area contributed by atoms with Gasteiger partial charge in [-0.3, -0.25) is 0 Å². The van der Waals surface area contributed by atoms with Gasteiger partial charge in [0.2, 0.25) is 0 Å². The maximum Gasteiger partial charge on any atom is 0.0697 e. The monoisotopic (exact) mass is 173 g/mol. The van der Waals surface area contributed by atoms with Crippen LogP contribution in [0.3, 0.4) is 0 Å². The van der Waals surface area contributed by atoms with Crippen LogP contribution >= 0.6 is 0 Å². The fourth-order valence-electron chi connectivity index (χ4n) is 0.842. The number of rotatable bonds is 4. The van der Waals surface area contributed by atoms with Crippen molar-refractivity contribution in [2.45, 2.75) is 0 Å². The molecule has 0 unspecified atom stereocenters. The lowest BCUT2D eigenvalue weighted by Gasteiger charge is -1.97. The quantitative estimate of drug-likeness (QED) is 0.652. The van der Waals surface area contributed by atoms with Gasteiger partial charge in [0.15, 0.2) is 0 Å². The maximum atomic E-state index is 3.85. The zero-order valence-electron chi connectivity index (χ0n) is 7.30. The van der Waals surface area contributed by atoms with Gasteiger partial charge in [0.05, 0.1) is 18.1 Å². The molecule has 0 N–H and O–H groups in total. The van der Waals surface area contributed by atoms with E-state index < -0.39 is 0 Å². The van der Waals surface area contributed by atoms with E-state index in [2.05, 4.69) is 23.5 Å². The third-order valence-electron chi connectivity index (χ3n) is 1.38. The Labute approximate surface area is 77.4 Å². The van der Waals surface area contributed by atoms with Gasteiger partial charge in [0, 0.05) is 0 Å². The Bertz CT molecular complexity index is 331. The van der Waals surface area contributed by atoms with E-state index in [9.17, 15) is 0 Å². The van der Waals surface area contributed by atoms with Crippen LogP contribution in [0.15, 0.2) is 55.9 Å². The molecule has 0 amide bonds. The molecule has 0 bridgehead atoms. The third kappa shape index (κ3) is 2.56. The zero-order chi connectivity index (χ0) is 9.52. The molecule has 1 aromatic rings. The second kappa shape index (κ2) is 4.87. The van der Waals surface area contributed by atoms with Crippen LogP contribution in [0.25, 0.3) is 5.70 Å². The minimum Gasteiger partial charge on any atom is -0.221 e. The summed E-state index contributed by atoms with van der Waals surface area (Å²) in [6, 6.07) is 0. The molecule has 0 spiro atoms. The third-order valence-corrected chi connectivity index (χ3v) is 1.38. The second-order valence-electron chi connectivity index (χ2n) is 2.27. The van der Waals surface area contributed by atoms with Gasteiger partial charge in [-0.1, -0.05) is 36.6 Å². The molecule has 0 saturated carbocycles. The van der Waals surface area contributed by atoms with Crippen LogP contribution in [-0.4, -0.2) is 15.0 Å². The Morgan fingerprint density at radius 3 is 2.69 bits per heavy atom. The first-order chi connectivity index (χ1) is 6.38. The lowest BCUT2D eigenvalue weighted by Crippen LogP contribution is -1.94. The summed E-state index contributed by atoms with van der Waals surface area (Å²) in [6.07, 6.45) is 12.3. The smallest absolute Gasteiger partial charge is 0.0697 e. The summed E-state index contributed by atoms with van der Waals surface area (Å²) < 4.78 is 1.65. The summed E-state index contributed by atoms with van der Waals surface area (Å²) in [6.45, 7) is 7.21. The van der Waals surface area contributed by atoms with Gasteiger partial charge in [-0.15, -0.1) is 5.10 Å². The van der Waals surface area contributed by atoms with Crippen molar-refractivity contribution in [2.24, 2.45) is 0 Å². The number of allylic oxidation sites excluding steroid dienone is 6. The molecule has 1 heterocycles. The van der Waals surface area contributed by atoms with E-state index in [1.165, 1.54) is 0 Å². The summed E-state index contributed by atoms with van der Waals surface area (Å²) in [5.41, 5.74) is 0.896. The van der Waals surface area contributed by atoms with E-state index in [1.807, 2.05) is 18.2 Å². The van der Waals surface area contributed by atoms with Crippen molar-refractivity contribution in [2.75, 3.05) is 0 Å². The van der Waals surface area contributed by atoms with Crippen LogP contribution in [0.2, 0.25) is 0 Å². The van der Waals surface area contributed by atoms with E-state index in [0.29, 0.717) is 0 Å². The zero-order valence-corrected chi connectivity index (χ0v) is 7.30. The van der Waals surface area contributed by atoms with Crippen molar-refractivity contribution in [3.8, 4) is 0 Å². The highest BCUT2D eigenvalue weighted by Gasteiger charge is 1.93. The normalized spacial score (nSPS) is 11.8. The van der Waals surface area contributed by atoms with Gasteiger partial charge in [0.1, 0.15) is 0 Å². The first-order valence-electron chi connectivity index (χ1n) is 3.87. The van der Waals surface area contributed by atoms with Gasteiger partial charge in [-0.25, -0.2) is 4.68 Å². The van der Waals surface area contributed by atoms with E-state index >= 15 is 0 Å². The Kier molecular flexibility index (Phi) is 3.45. The van der Waals surface area contributed by atoms with Crippen molar-refractivity contribution in [3.05, 3.63) is 55.9 Å². The minimum absolute atomic E-state index is 0.896. The molecule has 1 rings (SSSR count). The van der Waals surface area contributed by atoms with Crippen LogP contribution in [0.5, 0.6) is 0 Å². The number of hydrogen-bond donors (Lipinski definition) is 0. The van der Waals surface area contributed by atoms with Crippen molar-refractivity contribution in [1.82, 2.24) is 15.0 Å². The lowest BCUT2D eigenvalue weighted by atomic mass is 10.3. The molecule has 0 aliphatic carbocycles. The lowest BCUT2D eigenvalue weighted by molar-refractivity contribution is 0.824. The van der Waals surface area contributed by atoms with Crippen LogP contribution < -0.4 is 0 Å². The van der Waals surface area contributed by atoms with Crippen LogP contribution in [0.1, 0.15) is 0 Å². The molecule has 0 radical (unpaired) electrons. The molecule has 66 valence electrons. The van der Waals surface area contributed by atoms with Gasteiger partial charge in [-0.05, 0) is 12.2 Å². The Morgan fingerprint density at radius 2 is 2.15 bits per heavy atom. The van der Waals surface area contributed by atoms with Gasteiger partial charge < -0.3 is 0 Å². The molecule has 0 atom stereocenters. The molecule has 0 fully saturated rings. The van der Waals surface area contributed by atoms with E-state index in [0.717, 1.165) is 5.70 Å². The summed E-state index contributed by atoms with van der Waals surface area (Å²) >= 11 is 0. The van der Waals surface area contributed by atoms with E-state index in [4.69, 9.17) is 0 Å². The summed E-state index contributed by atoms with van der Waals surface area (Å²) in [7, 11) is 0. The van der Waals surface area contributed by atoms with Gasteiger partial charge in [-0.2, -0.15) is 0 Å². The first-order valence-corrected chi connectivity index (χ1v) is 3.87. The highest BCUT2D eigenvalue weighted by molar-refractivity contribution is 5.58. The molecule has 0 aliphatic heterocycles. The second-order valence-corrected chi connectivity index (χ2v) is 2.27.